The van der Waals surface area contributed by atoms with Crippen LogP contribution in [0.25, 0.3) is 0 Å². The Morgan fingerprint density at radius 1 is 1.00 bits per heavy atom. The smallest absolute Gasteiger partial charge is 0.0884 e. The molecule has 0 aromatic rings. The Balaban J connectivity index is 5.56. The van der Waals surface area contributed by atoms with Gasteiger partial charge in [0.25, 0.3) is 0 Å². The second kappa shape index (κ2) is 9.71. The summed E-state index contributed by atoms with van der Waals surface area (Å²) in [7, 11) is 0. The average Bonchev–Trinajstić information content (AvgIpc) is 2.42. The van der Waals surface area contributed by atoms with Gasteiger partial charge >= 0.3 is 0 Å². The molecule has 0 atom stereocenters. The van der Waals surface area contributed by atoms with Crippen LogP contribution >= 0.6 is 0 Å². The van der Waals surface area contributed by atoms with Crippen LogP contribution in [0.2, 0.25) is 0 Å². The fraction of sp³-hybridized carbons (Fsp3) is 0.188. The molecule has 0 spiro atoms. The molecule has 0 radical (unpaired) electrons. The summed E-state index contributed by atoms with van der Waals surface area (Å²) in [6.45, 7) is 16.6. The summed E-state index contributed by atoms with van der Waals surface area (Å²) < 4.78 is 0. The van der Waals surface area contributed by atoms with Gasteiger partial charge < -0.3 is 0 Å². The van der Waals surface area contributed by atoms with E-state index in [1.54, 1.807) is 18.4 Å². The van der Waals surface area contributed by atoms with Crippen LogP contribution in [0.5, 0.6) is 0 Å². The van der Waals surface area contributed by atoms with Crippen LogP contribution in [0, 0.1) is 0 Å². The van der Waals surface area contributed by atoms with E-state index in [4.69, 9.17) is 0 Å². The normalized spacial score (nSPS) is 14.7. The lowest BCUT2D eigenvalue weighted by atomic mass is 10.2. The zero-order chi connectivity index (χ0) is 14.7. The third-order valence-corrected chi connectivity index (χ3v) is 2.22. The lowest BCUT2D eigenvalue weighted by Gasteiger charge is -2.04. The number of hydrogen-bond donors (Lipinski definition) is 0. The molecule has 0 aromatic heterocycles. The second-order valence-electron chi connectivity index (χ2n) is 3.46. The molecule has 0 aliphatic rings. The van der Waals surface area contributed by atoms with Crippen molar-refractivity contribution in [3.05, 3.63) is 61.6 Å². The van der Waals surface area contributed by atoms with E-state index >= 15 is 0 Å². The highest BCUT2D eigenvalue weighted by molar-refractivity contribution is 6.11. The summed E-state index contributed by atoms with van der Waals surface area (Å²) >= 11 is 0. The lowest BCUT2D eigenvalue weighted by Crippen LogP contribution is -2.02. The van der Waals surface area contributed by atoms with E-state index in [0.717, 1.165) is 17.1 Å². The predicted octanol–water partition coefficient (Wildman–Crippen LogP) is 4.28. The second-order valence-corrected chi connectivity index (χ2v) is 3.46. The van der Waals surface area contributed by atoms with Gasteiger partial charge in [0.05, 0.1) is 22.8 Å². The highest BCUT2D eigenvalue weighted by Crippen LogP contribution is 2.08. The maximum absolute atomic E-state index is 4.52. The van der Waals surface area contributed by atoms with Gasteiger partial charge in [-0.2, -0.15) is 0 Å². The third kappa shape index (κ3) is 5.73. The van der Waals surface area contributed by atoms with Gasteiger partial charge in [-0.3, -0.25) is 9.98 Å². The van der Waals surface area contributed by atoms with Gasteiger partial charge in [-0.05, 0) is 26.8 Å². The topological polar surface area (TPSA) is 37.1 Å². The lowest BCUT2D eigenvalue weighted by molar-refractivity contribution is 1.35. The van der Waals surface area contributed by atoms with E-state index in [-0.39, 0.29) is 0 Å². The standard InChI is InChI=1S/C16H21N3/c1-7-12-18-15(9-3)16(10-4)19-14(8-2)13(6)17-11-5/h7-12H,1,4-5H2,2-3,6H3/b14-8-,15-9-,17-13?,18-12?,19-16-. The first-order chi connectivity index (χ1) is 9.14. The van der Waals surface area contributed by atoms with E-state index in [2.05, 4.69) is 34.7 Å². The number of rotatable bonds is 7. The van der Waals surface area contributed by atoms with Gasteiger partial charge in [0.15, 0.2) is 0 Å². The van der Waals surface area contributed by atoms with Crippen LogP contribution in [0.4, 0.5) is 0 Å². The Hall–Kier alpha value is -2.29. The molecule has 0 bridgehead atoms. The molecular weight excluding hydrogens is 234 g/mol. The zero-order valence-electron chi connectivity index (χ0n) is 11.9. The Kier molecular flexibility index (Phi) is 8.54. The molecule has 0 aliphatic carbocycles. The first kappa shape index (κ1) is 16.7. The van der Waals surface area contributed by atoms with Crippen molar-refractivity contribution in [2.45, 2.75) is 20.8 Å². The van der Waals surface area contributed by atoms with Crippen LogP contribution < -0.4 is 0 Å². The van der Waals surface area contributed by atoms with Crippen LogP contribution in [-0.2, 0) is 0 Å². The monoisotopic (exact) mass is 255 g/mol. The van der Waals surface area contributed by atoms with Gasteiger partial charge in [0, 0.05) is 12.4 Å². The molecule has 0 aromatic carbocycles. The Labute approximate surface area is 115 Å². The zero-order valence-corrected chi connectivity index (χ0v) is 11.9. The van der Waals surface area contributed by atoms with Crippen molar-refractivity contribution >= 4 is 17.6 Å². The quantitative estimate of drug-likeness (QED) is 0.609. The summed E-state index contributed by atoms with van der Waals surface area (Å²) in [6, 6.07) is 0. The number of nitrogens with zero attached hydrogens (tertiary/aromatic N) is 3. The van der Waals surface area contributed by atoms with Crippen LogP contribution in [-0.4, -0.2) is 17.6 Å². The van der Waals surface area contributed by atoms with Crippen molar-refractivity contribution < 1.29 is 0 Å². The molecule has 0 saturated heterocycles. The van der Waals surface area contributed by atoms with Crippen molar-refractivity contribution in [3.63, 3.8) is 0 Å². The van der Waals surface area contributed by atoms with Crippen molar-refractivity contribution in [2.75, 3.05) is 0 Å². The molecule has 0 N–H and O–H groups in total. The van der Waals surface area contributed by atoms with E-state index in [9.17, 15) is 0 Å². The van der Waals surface area contributed by atoms with E-state index in [1.807, 2.05) is 32.9 Å². The molecule has 0 amide bonds. The summed E-state index contributed by atoms with van der Waals surface area (Å²) in [4.78, 5) is 12.9. The van der Waals surface area contributed by atoms with E-state index < -0.39 is 0 Å². The molecule has 0 fully saturated rings. The van der Waals surface area contributed by atoms with Crippen molar-refractivity contribution in [1.29, 1.82) is 0 Å². The van der Waals surface area contributed by atoms with Crippen LogP contribution in [0.3, 0.4) is 0 Å². The molecule has 0 heterocycles. The van der Waals surface area contributed by atoms with Crippen molar-refractivity contribution in [2.24, 2.45) is 15.0 Å². The average molecular weight is 255 g/mol. The Bertz CT molecular complexity index is 486. The highest BCUT2D eigenvalue weighted by Gasteiger charge is 2.04. The van der Waals surface area contributed by atoms with Crippen molar-refractivity contribution in [1.82, 2.24) is 0 Å². The minimum atomic E-state index is 0.687. The fourth-order valence-corrected chi connectivity index (χ4v) is 1.32. The molecule has 19 heavy (non-hydrogen) atoms. The minimum absolute atomic E-state index is 0.687. The summed E-state index contributed by atoms with van der Waals surface area (Å²) in [5.74, 6) is 0. The molecule has 0 rings (SSSR count). The predicted molar refractivity (Wildman–Crippen MR) is 87.1 cm³/mol. The van der Waals surface area contributed by atoms with Crippen LogP contribution in [0.15, 0.2) is 76.6 Å². The maximum atomic E-state index is 4.52. The highest BCUT2D eigenvalue weighted by atomic mass is 14.9. The van der Waals surface area contributed by atoms with E-state index in [0.29, 0.717) is 5.71 Å². The Morgan fingerprint density at radius 2 is 1.63 bits per heavy atom. The maximum Gasteiger partial charge on any atom is 0.0884 e. The number of allylic oxidation sites excluding steroid dienone is 5. The third-order valence-electron chi connectivity index (χ3n) is 2.22. The molecule has 3 nitrogen and oxygen atoms in total. The first-order valence-electron chi connectivity index (χ1n) is 5.99. The molecular formula is C16H21N3. The van der Waals surface area contributed by atoms with Gasteiger partial charge in [0.1, 0.15) is 0 Å². The van der Waals surface area contributed by atoms with Gasteiger partial charge in [0.2, 0.25) is 0 Å². The number of aliphatic imine (C=N–C) groups is 3. The number of hydrogen-bond acceptors (Lipinski definition) is 3. The summed E-state index contributed by atoms with van der Waals surface area (Å²) in [6.07, 6.45) is 10.2. The van der Waals surface area contributed by atoms with E-state index in [1.165, 1.54) is 6.20 Å². The summed E-state index contributed by atoms with van der Waals surface area (Å²) in [5, 5.41) is 0. The van der Waals surface area contributed by atoms with Gasteiger partial charge in [-0.15, -0.1) is 0 Å². The molecule has 100 valence electrons. The fourth-order valence-electron chi connectivity index (χ4n) is 1.32. The SMILES string of the molecule is C=CC=NC(=C\C)/C(C=C)=N\C(=C/C)C(C)=NC=C. The minimum Gasteiger partial charge on any atom is -0.260 e. The summed E-state index contributed by atoms with van der Waals surface area (Å²) in [5.41, 5.74) is 2.98. The van der Waals surface area contributed by atoms with Gasteiger partial charge in [-0.25, -0.2) is 4.99 Å². The Morgan fingerprint density at radius 3 is 2.05 bits per heavy atom. The molecule has 0 unspecified atom stereocenters. The largest absolute Gasteiger partial charge is 0.260 e. The van der Waals surface area contributed by atoms with Crippen molar-refractivity contribution in [3.8, 4) is 0 Å². The first-order valence-corrected chi connectivity index (χ1v) is 5.99. The van der Waals surface area contributed by atoms with Gasteiger partial charge in [-0.1, -0.05) is 38.0 Å². The molecule has 0 aliphatic heterocycles. The molecule has 0 saturated carbocycles. The molecule has 3 heteroatoms. The van der Waals surface area contributed by atoms with Crippen LogP contribution in [0.1, 0.15) is 20.8 Å².